The van der Waals surface area contributed by atoms with E-state index in [1.54, 1.807) is 0 Å². The Balaban J connectivity index is 2.20. The summed E-state index contributed by atoms with van der Waals surface area (Å²) in [4.78, 5) is 0. The van der Waals surface area contributed by atoms with Gasteiger partial charge < -0.3 is 5.73 Å². The lowest BCUT2D eigenvalue weighted by Gasteiger charge is -2.06. The van der Waals surface area contributed by atoms with Crippen LogP contribution in [-0.2, 0) is 12.8 Å². The molecule has 1 saturated carbocycles. The first-order valence-corrected chi connectivity index (χ1v) is 5.98. The van der Waals surface area contributed by atoms with E-state index in [0.717, 1.165) is 25.3 Å². The fraction of sp³-hybridized carbons (Fsp3) is 0.750. The maximum absolute atomic E-state index is 5.67. The van der Waals surface area contributed by atoms with Crippen molar-refractivity contribution in [3.8, 4) is 0 Å². The summed E-state index contributed by atoms with van der Waals surface area (Å²) >= 11 is 0. The summed E-state index contributed by atoms with van der Waals surface area (Å²) in [5, 5.41) is 7.68. The molecule has 1 aliphatic carbocycles. The van der Waals surface area contributed by atoms with E-state index < -0.39 is 0 Å². The van der Waals surface area contributed by atoms with Crippen molar-refractivity contribution in [1.29, 1.82) is 0 Å². The van der Waals surface area contributed by atoms with Crippen molar-refractivity contribution in [2.24, 2.45) is 11.7 Å². The van der Waals surface area contributed by atoms with Gasteiger partial charge in [0.25, 0.3) is 0 Å². The van der Waals surface area contributed by atoms with Crippen molar-refractivity contribution in [1.82, 2.24) is 10.2 Å². The molecule has 0 aromatic carbocycles. The smallest absolute Gasteiger partial charge is 0.0688 e. The molecule has 3 nitrogen and oxygen atoms in total. The average molecular weight is 207 g/mol. The van der Waals surface area contributed by atoms with Crippen LogP contribution in [0.5, 0.6) is 0 Å². The highest BCUT2D eigenvalue weighted by molar-refractivity contribution is 5.31. The van der Waals surface area contributed by atoms with Gasteiger partial charge in [-0.2, -0.15) is 5.10 Å². The predicted molar refractivity (Wildman–Crippen MR) is 61.9 cm³/mol. The minimum absolute atomic E-state index is 0.675. The van der Waals surface area contributed by atoms with E-state index in [9.17, 15) is 0 Å². The molecule has 0 spiro atoms. The molecule has 1 aliphatic rings. The summed E-state index contributed by atoms with van der Waals surface area (Å²) in [5.41, 5.74) is 9.70. The number of nitrogens with one attached hydrogen (secondary N) is 1. The number of nitrogens with two attached hydrogens (primary N) is 1. The molecule has 0 amide bonds. The first-order chi connectivity index (χ1) is 7.22. The molecule has 1 aromatic rings. The number of H-pyrrole nitrogens is 1. The highest BCUT2D eigenvalue weighted by Gasteiger charge is 2.29. The zero-order valence-corrected chi connectivity index (χ0v) is 9.71. The minimum atomic E-state index is 0.675. The quantitative estimate of drug-likeness (QED) is 0.775. The minimum Gasteiger partial charge on any atom is -0.330 e. The van der Waals surface area contributed by atoms with Gasteiger partial charge in [-0.25, -0.2) is 0 Å². The lowest BCUT2D eigenvalue weighted by atomic mass is 10.00. The molecule has 0 unspecified atom stereocenters. The van der Waals surface area contributed by atoms with E-state index in [0.29, 0.717) is 5.92 Å². The number of aromatic amines is 1. The molecule has 0 aliphatic heterocycles. The van der Waals surface area contributed by atoms with Crippen molar-refractivity contribution in [3.05, 3.63) is 17.0 Å². The van der Waals surface area contributed by atoms with Gasteiger partial charge in [-0.3, -0.25) is 5.10 Å². The summed E-state index contributed by atoms with van der Waals surface area (Å²) in [6.07, 6.45) is 4.69. The van der Waals surface area contributed by atoms with Crippen LogP contribution in [0, 0.1) is 5.92 Å². The van der Waals surface area contributed by atoms with Gasteiger partial charge in [0.2, 0.25) is 0 Å². The van der Waals surface area contributed by atoms with E-state index in [1.165, 1.54) is 29.8 Å². The van der Waals surface area contributed by atoms with Crippen molar-refractivity contribution >= 4 is 0 Å². The molecular weight excluding hydrogens is 186 g/mol. The number of aromatic nitrogens is 2. The first-order valence-electron chi connectivity index (χ1n) is 5.98. The Bertz CT molecular complexity index is 324. The molecule has 2 rings (SSSR count). The predicted octanol–water partition coefficient (Wildman–Crippen LogP) is 1.99. The molecule has 1 aromatic heterocycles. The number of rotatable bonds is 5. The number of hydrogen-bond donors (Lipinski definition) is 2. The van der Waals surface area contributed by atoms with Crippen LogP contribution < -0.4 is 5.73 Å². The van der Waals surface area contributed by atoms with Crippen LogP contribution in [0.25, 0.3) is 0 Å². The lowest BCUT2D eigenvalue weighted by Crippen LogP contribution is -2.07. The molecular formula is C12H21N3. The Morgan fingerprint density at radius 2 is 2.20 bits per heavy atom. The normalized spacial score (nSPS) is 16.3. The second-order valence-corrected chi connectivity index (χ2v) is 4.98. The van der Waals surface area contributed by atoms with Gasteiger partial charge >= 0.3 is 0 Å². The standard InChI is InChI=1S/C12H21N3/c1-8(2)7-11-10(5-6-13)12(15-14-11)9-3-4-9/h8-9H,3-7,13H2,1-2H3,(H,14,15). The van der Waals surface area contributed by atoms with Crippen LogP contribution >= 0.6 is 0 Å². The van der Waals surface area contributed by atoms with Crippen LogP contribution in [0.4, 0.5) is 0 Å². The summed E-state index contributed by atoms with van der Waals surface area (Å²) in [7, 11) is 0. The van der Waals surface area contributed by atoms with E-state index >= 15 is 0 Å². The van der Waals surface area contributed by atoms with Gasteiger partial charge in [-0.1, -0.05) is 13.8 Å². The Morgan fingerprint density at radius 3 is 2.73 bits per heavy atom. The molecule has 3 N–H and O–H groups in total. The third-order valence-electron chi connectivity index (χ3n) is 2.96. The molecule has 3 heteroatoms. The van der Waals surface area contributed by atoms with E-state index in [2.05, 4.69) is 24.0 Å². The first kappa shape index (κ1) is 10.7. The van der Waals surface area contributed by atoms with Crippen LogP contribution in [0.15, 0.2) is 0 Å². The van der Waals surface area contributed by atoms with Gasteiger partial charge in [0.15, 0.2) is 0 Å². The van der Waals surface area contributed by atoms with E-state index in [4.69, 9.17) is 5.73 Å². The molecule has 1 fully saturated rings. The second kappa shape index (κ2) is 4.35. The molecule has 15 heavy (non-hydrogen) atoms. The third kappa shape index (κ3) is 2.40. The van der Waals surface area contributed by atoms with Crippen LogP contribution in [-0.4, -0.2) is 16.7 Å². The summed E-state index contributed by atoms with van der Waals surface area (Å²) in [5.74, 6) is 1.40. The molecule has 0 atom stereocenters. The Kier molecular flexibility index (Phi) is 3.10. The largest absolute Gasteiger partial charge is 0.330 e. The fourth-order valence-electron chi connectivity index (χ4n) is 2.11. The van der Waals surface area contributed by atoms with Gasteiger partial charge in [0.1, 0.15) is 0 Å². The van der Waals surface area contributed by atoms with E-state index in [1.807, 2.05) is 0 Å². The Hall–Kier alpha value is -0.830. The summed E-state index contributed by atoms with van der Waals surface area (Å²) in [6, 6.07) is 0. The monoisotopic (exact) mass is 207 g/mol. The Labute approximate surface area is 91.4 Å². The molecule has 0 radical (unpaired) electrons. The second-order valence-electron chi connectivity index (χ2n) is 4.98. The fourth-order valence-corrected chi connectivity index (χ4v) is 2.11. The van der Waals surface area contributed by atoms with Crippen LogP contribution in [0.1, 0.15) is 49.6 Å². The molecule has 1 heterocycles. The zero-order valence-electron chi connectivity index (χ0n) is 9.71. The highest BCUT2D eigenvalue weighted by atomic mass is 15.1. The zero-order chi connectivity index (χ0) is 10.8. The molecule has 0 saturated heterocycles. The van der Waals surface area contributed by atoms with E-state index in [-0.39, 0.29) is 0 Å². The lowest BCUT2D eigenvalue weighted by molar-refractivity contribution is 0.629. The summed E-state index contributed by atoms with van der Waals surface area (Å²) < 4.78 is 0. The maximum Gasteiger partial charge on any atom is 0.0688 e. The number of nitrogens with zero attached hydrogens (tertiary/aromatic N) is 1. The highest BCUT2D eigenvalue weighted by Crippen LogP contribution is 2.41. The van der Waals surface area contributed by atoms with Gasteiger partial charge in [-0.05, 0) is 43.7 Å². The van der Waals surface area contributed by atoms with Gasteiger partial charge in [0, 0.05) is 11.6 Å². The summed E-state index contributed by atoms with van der Waals surface area (Å²) in [6.45, 7) is 5.21. The third-order valence-corrected chi connectivity index (χ3v) is 2.96. The van der Waals surface area contributed by atoms with Crippen LogP contribution in [0.2, 0.25) is 0 Å². The Morgan fingerprint density at radius 1 is 1.47 bits per heavy atom. The van der Waals surface area contributed by atoms with Crippen molar-refractivity contribution in [2.75, 3.05) is 6.54 Å². The van der Waals surface area contributed by atoms with Gasteiger partial charge in [0.05, 0.1) is 5.69 Å². The van der Waals surface area contributed by atoms with Crippen molar-refractivity contribution in [3.63, 3.8) is 0 Å². The average Bonchev–Trinajstić information content (AvgIpc) is 2.93. The molecule has 84 valence electrons. The van der Waals surface area contributed by atoms with Gasteiger partial charge in [-0.15, -0.1) is 0 Å². The van der Waals surface area contributed by atoms with Crippen molar-refractivity contribution in [2.45, 2.75) is 45.4 Å². The SMILES string of the molecule is CC(C)Cc1[nH]nc(C2CC2)c1CCN. The topological polar surface area (TPSA) is 54.7 Å². The van der Waals surface area contributed by atoms with Crippen LogP contribution in [0.3, 0.4) is 0 Å². The van der Waals surface area contributed by atoms with Crippen molar-refractivity contribution < 1.29 is 0 Å². The maximum atomic E-state index is 5.67. The number of hydrogen-bond acceptors (Lipinski definition) is 2. The molecule has 0 bridgehead atoms.